The molecule has 1 aliphatic rings. The molecule has 7 heteroatoms. The molecule has 2 atom stereocenters. The van der Waals surface area contributed by atoms with Gasteiger partial charge in [-0.1, -0.05) is 30.3 Å². The molecular formula is C20H22N2O4S. The molecule has 1 heterocycles. The van der Waals surface area contributed by atoms with Crippen molar-refractivity contribution in [2.24, 2.45) is 0 Å². The largest absolute Gasteiger partial charge is 0.348 e. The summed E-state index contributed by atoms with van der Waals surface area (Å²) < 4.78 is 22.9. The topological polar surface area (TPSA) is 92.3 Å². The summed E-state index contributed by atoms with van der Waals surface area (Å²) in [5.41, 5.74) is 1.86. The van der Waals surface area contributed by atoms with Gasteiger partial charge in [-0.15, -0.1) is 0 Å². The minimum Gasteiger partial charge on any atom is -0.348 e. The zero-order valence-electron chi connectivity index (χ0n) is 15.0. The quantitative estimate of drug-likeness (QED) is 0.823. The molecule has 0 aliphatic carbocycles. The van der Waals surface area contributed by atoms with E-state index >= 15 is 0 Å². The highest BCUT2D eigenvalue weighted by Gasteiger charge is 2.29. The van der Waals surface area contributed by atoms with Crippen molar-refractivity contribution in [3.05, 3.63) is 71.3 Å². The zero-order valence-corrected chi connectivity index (χ0v) is 15.8. The van der Waals surface area contributed by atoms with Crippen molar-refractivity contribution in [3.8, 4) is 0 Å². The van der Waals surface area contributed by atoms with E-state index in [1.807, 2.05) is 37.3 Å². The number of hydrogen-bond acceptors (Lipinski definition) is 4. The number of hydrogen-bond donors (Lipinski definition) is 2. The maximum absolute atomic E-state index is 12.4. The average Bonchev–Trinajstić information content (AvgIpc) is 3.00. The molecule has 1 aliphatic heterocycles. The summed E-state index contributed by atoms with van der Waals surface area (Å²) in [7, 11) is -3.04. The van der Waals surface area contributed by atoms with Crippen LogP contribution in [0.5, 0.6) is 0 Å². The zero-order chi connectivity index (χ0) is 19.4. The predicted molar refractivity (Wildman–Crippen MR) is 103 cm³/mol. The number of carbonyl (C=O) groups excluding carboxylic acids is 2. The third-order valence-corrected chi connectivity index (χ3v) is 6.39. The van der Waals surface area contributed by atoms with Crippen LogP contribution < -0.4 is 10.6 Å². The number of rotatable bonds is 5. The summed E-state index contributed by atoms with van der Waals surface area (Å²) in [4.78, 5) is 24.6. The Hall–Kier alpha value is -2.67. The maximum atomic E-state index is 12.4. The fraction of sp³-hybridized carbons (Fsp3) is 0.300. The van der Waals surface area contributed by atoms with Crippen LogP contribution in [0.2, 0.25) is 0 Å². The second-order valence-corrected chi connectivity index (χ2v) is 8.99. The van der Waals surface area contributed by atoms with Crippen LogP contribution in [0.3, 0.4) is 0 Å². The third-order valence-electron chi connectivity index (χ3n) is 4.62. The molecule has 0 aromatic heterocycles. The number of amides is 2. The lowest BCUT2D eigenvalue weighted by molar-refractivity contribution is 0.0928. The minimum absolute atomic E-state index is 0.0173. The Balaban J connectivity index is 1.59. The third kappa shape index (κ3) is 4.95. The molecule has 2 aromatic carbocycles. The van der Waals surface area contributed by atoms with E-state index in [0.29, 0.717) is 17.5 Å². The Kier molecular flexibility index (Phi) is 5.60. The smallest absolute Gasteiger partial charge is 0.251 e. The summed E-state index contributed by atoms with van der Waals surface area (Å²) in [5.74, 6) is -0.463. The molecule has 0 spiro atoms. The van der Waals surface area contributed by atoms with Crippen LogP contribution in [0, 0.1) is 0 Å². The first-order chi connectivity index (χ1) is 12.8. The molecule has 0 radical (unpaired) electrons. The molecule has 2 aromatic rings. The van der Waals surface area contributed by atoms with Crippen LogP contribution in [0.25, 0.3) is 0 Å². The van der Waals surface area contributed by atoms with Gasteiger partial charge in [0.25, 0.3) is 11.8 Å². The molecule has 2 N–H and O–H groups in total. The molecule has 2 amide bonds. The summed E-state index contributed by atoms with van der Waals surface area (Å²) in [6.45, 7) is 1.91. The van der Waals surface area contributed by atoms with Gasteiger partial charge in [-0.2, -0.15) is 0 Å². The summed E-state index contributed by atoms with van der Waals surface area (Å²) in [5, 5.41) is 5.66. The highest BCUT2D eigenvalue weighted by Crippen LogP contribution is 2.14. The fourth-order valence-electron chi connectivity index (χ4n) is 3.06. The van der Waals surface area contributed by atoms with Crippen molar-refractivity contribution >= 4 is 21.7 Å². The normalized spacial score (nSPS) is 19.2. The lowest BCUT2D eigenvalue weighted by Crippen LogP contribution is -2.35. The van der Waals surface area contributed by atoms with Crippen molar-refractivity contribution in [2.45, 2.75) is 25.4 Å². The van der Waals surface area contributed by atoms with Gasteiger partial charge in [-0.05, 0) is 43.2 Å². The van der Waals surface area contributed by atoms with Crippen LogP contribution >= 0.6 is 0 Å². The summed E-state index contributed by atoms with van der Waals surface area (Å²) in [6.07, 6.45) is 0.436. The van der Waals surface area contributed by atoms with Crippen molar-refractivity contribution in [3.63, 3.8) is 0 Å². The van der Waals surface area contributed by atoms with Gasteiger partial charge < -0.3 is 10.6 Å². The lowest BCUT2D eigenvalue weighted by atomic mass is 10.1. The Labute approximate surface area is 158 Å². The van der Waals surface area contributed by atoms with Crippen LogP contribution in [-0.4, -0.2) is 37.8 Å². The van der Waals surface area contributed by atoms with Crippen molar-refractivity contribution in [1.29, 1.82) is 0 Å². The van der Waals surface area contributed by atoms with E-state index in [0.717, 1.165) is 5.56 Å². The molecule has 0 saturated carbocycles. The highest BCUT2D eigenvalue weighted by atomic mass is 32.2. The monoisotopic (exact) mass is 386 g/mol. The molecule has 27 heavy (non-hydrogen) atoms. The van der Waals surface area contributed by atoms with Gasteiger partial charge in [0.05, 0.1) is 17.5 Å². The minimum atomic E-state index is -3.04. The Morgan fingerprint density at radius 2 is 1.56 bits per heavy atom. The van der Waals surface area contributed by atoms with E-state index in [1.165, 1.54) is 0 Å². The van der Waals surface area contributed by atoms with Gasteiger partial charge in [-0.3, -0.25) is 9.59 Å². The van der Waals surface area contributed by atoms with E-state index in [2.05, 4.69) is 10.6 Å². The Bertz CT molecular complexity index is 924. The lowest BCUT2D eigenvalue weighted by Gasteiger charge is -2.15. The van der Waals surface area contributed by atoms with Gasteiger partial charge in [0, 0.05) is 17.2 Å². The molecular weight excluding hydrogens is 364 g/mol. The SMILES string of the molecule is CC(NC(=O)c1ccc(C(=O)NC2CCS(=O)(=O)C2)cc1)c1ccccc1. The van der Waals surface area contributed by atoms with E-state index in [9.17, 15) is 18.0 Å². The van der Waals surface area contributed by atoms with E-state index in [4.69, 9.17) is 0 Å². The molecule has 3 rings (SSSR count). The first-order valence-corrected chi connectivity index (χ1v) is 10.6. The van der Waals surface area contributed by atoms with Gasteiger partial charge in [0.2, 0.25) is 0 Å². The first-order valence-electron chi connectivity index (χ1n) is 8.81. The predicted octanol–water partition coefficient (Wildman–Crippen LogP) is 2.09. The Morgan fingerprint density at radius 1 is 0.963 bits per heavy atom. The van der Waals surface area contributed by atoms with Gasteiger partial charge in [0.15, 0.2) is 9.84 Å². The molecule has 1 fully saturated rings. The van der Waals surface area contributed by atoms with Gasteiger partial charge in [-0.25, -0.2) is 8.42 Å². The second kappa shape index (κ2) is 7.92. The van der Waals surface area contributed by atoms with E-state index in [1.54, 1.807) is 24.3 Å². The number of benzene rings is 2. The number of carbonyl (C=O) groups is 2. The number of nitrogens with one attached hydrogen (secondary N) is 2. The number of sulfone groups is 1. The van der Waals surface area contributed by atoms with Gasteiger partial charge >= 0.3 is 0 Å². The molecule has 6 nitrogen and oxygen atoms in total. The van der Waals surface area contributed by atoms with Crippen molar-refractivity contribution < 1.29 is 18.0 Å². The van der Waals surface area contributed by atoms with Crippen LogP contribution in [0.15, 0.2) is 54.6 Å². The summed E-state index contributed by atoms with van der Waals surface area (Å²) >= 11 is 0. The van der Waals surface area contributed by atoms with Crippen LogP contribution in [0.4, 0.5) is 0 Å². The van der Waals surface area contributed by atoms with E-state index < -0.39 is 9.84 Å². The van der Waals surface area contributed by atoms with Crippen LogP contribution in [0.1, 0.15) is 45.7 Å². The molecule has 2 unspecified atom stereocenters. The highest BCUT2D eigenvalue weighted by molar-refractivity contribution is 7.91. The maximum Gasteiger partial charge on any atom is 0.251 e. The van der Waals surface area contributed by atoms with Crippen molar-refractivity contribution in [1.82, 2.24) is 10.6 Å². The standard InChI is InChI=1S/C20H22N2O4S/c1-14(15-5-3-2-4-6-15)21-19(23)16-7-9-17(10-8-16)20(24)22-18-11-12-27(25,26)13-18/h2-10,14,18H,11-13H2,1H3,(H,21,23)(H,22,24). The molecule has 142 valence electrons. The second-order valence-electron chi connectivity index (χ2n) is 6.76. The average molecular weight is 386 g/mol. The fourth-order valence-corrected chi connectivity index (χ4v) is 4.73. The van der Waals surface area contributed by atoms with E-state index in [-0.39, 0.29) is 35.4 Å². The van der Waals surface area contributed by atoms with Crippen molar-refractivity contribution in [2.75, 3.05) is 11.5 Å². The first kappa shape index (κ1) is 19.1. The molecule has 1 saturated heterocycles. The summed E-state index contributed by atoms with van der Waals surface area (Å²) in [6, 6.07) is 15.5. The van der Waals surface area contributed by atoms with Crippen LogP contribution in [-0.2, 0) is 9.84 Å². The Morgan fingerprint density at radius 3 is 2.11 bits per heavy atom. The molecule has 0 bridgehead atoms. The van der Waals surface area contributed by atoms with Gasteiger partial charge in [0.1, 0.15) is 0 Å².